The molecule has 3 aromatic rings. The highest BCUT2D eigenvalue weighted by molar-refractivity contribution is 6.03. The summed E-state index contributed by atoms with van der Waals surface area (Å²) in [6, 6.07) is 11.8. The molecule has 8 heteroatoms. The number of para-hydroxylation sites is 1. The normalized spacial score (nSPS) is 10.5. The van der Waals surface area contributed by atoms with E-state index < -0.39 is 24.0 Å². The number of nitrogens with one attached hydrogen (secondary N) is 1. The molecule has 1 heterocycles. The van der Waals surface area contributed by atoms with Gasteiger partial charge >= 0.3 is 5.76 Å². The highest BCUT2D eigenvalue weighted by atomic mass is 19.1. The van der Waals surface area contributed by atoms with Crippen molar-refractivity contribution in [2.45, 2.75) is 13.5 Å². The number of amides is 1. The monoisotopic (exact) mass is 355 g/mol. The van der Waals surface area contributed by atoms with Crippen molar-refractivity contribution in [3.05, 3.63) is 70.5 Å². The quantitative estimate of drug-likeness (QED) is 0.710. The van der Waals surface area contributed by atoms with Gasteiger partial charge in [0.15, 0.2) is 5.78 Å². The molecule has 132 valence electrons. The third-order valence-corrected chi connectivity index (χ3v) is 3.57. The van der Waals surface area contributed by atoms with Crippen molar-refractivity contribution in [2.75, 3.05) is 5.32 Å². The second-order valence-electron chi connectivity index (χ2n) is 5.49. The third-order valence-electron chi connectivity index (χ3n) is 3.57. The van der Waals surface area contributed by atoms with Crippen molar-refractivity contribution in [1.29, 1.82) is 0 Å². The summed E-state index contributed by atoms with van der Waals surface area (Å²) in [6.45, 7) is 0.998. The maximum atomic E-state index is 13.0. The number of Topliss-reactive ketones (excluding diaryl/α,β-unsaturated/α-hetero) is 1. The minimum absolute atomic E-state index is 0.0214. The van der Waals surface area contributed by atoms with Crippen LogP contribution in [0.2, 0.25) is 0 Å². The molecule has 0 radical (unpaired) electrons. The Kier molecular flexibility index (Phi) is 4.74. The average molecular weight is 355 g/mol. The zero-order chi connectivity index (χ0) is 18.7. The summed E-state index contributed by atoms with van der Waals surface area (Å²) in [6.07, 6.45) is 0. The van der Waals surface area contributed by atoms with Crippen LogP contribution in [0.1, 0.15) is 17.3 Å². The van der Waals surface area contributed by atoms with E-state index in [1.54, 1.807) is 24.3 Å². The van der Waals surface area contributed by atoms with Crippen molar-refractivity contribution in [3.8, 4) is 11.5 Å². The molecule has 0 saturated carbocycles. The Morgan fingerprint density at radius 1 is 1.15 bits per heavy atom. The summed E-state index contributed by atoms with van der Waals surface area (Å²) in [5.74, 6) is -2.01. The fourth-order valence-electron chi connectivity index (χ4n) is 2.34. The lowest BCUT2D eigenvalue weighted by atomic mass is 10.1. The Bertz CT molecular complexity index is 1020. The maximum Gasteiger partial charge on any atom is 0.437 e. The van der Waals surface area contributed by atoms with Crippen LogP contribution in [0.3, 0.4) is 0 Å². The van der Waals surface area contributed by atoms with E-state index >= 15 is 0 Å². The van der Waals surface area contributed by atoms with Gasteiger partial charge in [0.2, 0.25) is 11.8 Å². The van der Waals surface area contributed by atoms with Crippen LogP contribution in [0.4, 0.5) is 10.1 Å². The molecule has 0 saturated heterocycles. The summed E-state index contributed by atoms with van der Waals surface area (Å²) in [5.41, 5.74) is 1.12. The Labute approximate surface area is 147 Å². The first-order valence-corrected chi connectivity index (χ1v) is 7.68. The number of carbonyl (C=O) groups excluding carboxylic acids is 2. The van der Waals surface area contributed by atoms with Crippen molar-refractivity contribution in [3.63, 3.8) is 0 Å². The topological polar surface area (TPSA) is 94.2 Å². The van der Waals surface area contributed by atoms with E-state index in [9.17, 15) is 18.8 Å². The zero-order valence-corrected chi connectivity index (χ0v) is 13.7. The van der Waals surface area contributed by atoms with E-state index in [4.69, 9.17) is 4.42 Å². The van der Waals surface area contributed by atoms with Gasteiger partial charge in [0.25, 0.3) is 0 Å². The van der Waals surface area contributed by atoms with Gasteiger partial charge in [-0.3, -0.25) is 9.59 Å². The molecule has 0 atom stereocenters. The molecule has 3 rings (SSSR count). The molecule has 0 fully saturated rings. The number of hydrogen-bond donors (Lipinski definition) is 1. The number of rotatable bonds is 5. The van der Waals surface area contributed by atoms with Gasteiger partial charge in [-0.1, -0.05) is 12.1 Å². The zero-order valence-electron chi connectivity index (χ0n) is 13.7. The van der Waals surface area contributed by atoms with Crippen molar-refractivity contribution in [1.82, 2.24) is 9.78 Å². The molecule has 1 N–H and O–H groups in total. The number of carbonyl (C=O) groups is 2. The highest BCUT2D eigenvalue weighted by Gasteiger charge is 2.15. The minimum atomic E-state index is -0.820. The lowest BCUT2D eigenvalue weighted by molar-refractivity contribution is -0.117. The second-order valence-corrected chi connectivity index (χ2v) is 5.49. The van der Waals surface area contributed by atoms with Crippen LogP contribution in [-0.2, 0) is 11.3 Å². The standard InChI is InChI=1S/C18H14FN3O4/c1-11(23)14-4-2-3-5-15(14)20-16(24)10-22-18(25)26-17(21-22)12-6-8-13(19)9-7-12/h2-9H,10H2,1H3,(H,20,24). The lowest BCUT2D eigenvalue weighted by Crippen LogP contribution is -2.26. The predicted octanol–water partition coefficient (Wildman–Crippen LogP) is 2.48. The van der Waals surface area contributed by atoms with Crippen LogP contribution in [0, 0.1) is 5.82 Å². The first kappa shape index (κ1) is 17.3. The molecule has 0 aliphatic carbocycles. The average Bonchev–Trinajstić information content (AvgIpc) is 2.96. The molecule has 0 aliphatic heterocycles. The van der Waals surface area contributed by atoms with E-state index in [1.807, 2.05) is 0 Å². The van der Waals surface area contributed by atoms with Crippen LogP contribution in [0.25, 0.3) is 11.5 Å². The Hall–Kier alpha value is -3.55. The molecule has 26 heavy (non-hydrogen) atoms. The van der Waals surface area contributed by atoms with Gasteiger partial charge in [-0.25, -0.2) is 9.18 Å². The van der Waals surface area contributed by atoms with Crippen LogP contribution in [0.15, 0.2) is 57.7 Å². The molecule has 7 nitrogen and oxygen atoms in total. The van der Waals surface area contributed by atoms with Crippen LogP contribution in [0.5, 0.6) is 0 Å². The summed E-state index contributed by atoms with van der Waals surface area (Å²) in [7, 11) is 0. The minimum Gasteiger partial charge on any atom is -0.388 e. The van der Waals surface area contributed by atoms with Gasteiger partial charge in [0.05, 0.1) is 5.69 Å². The molecule has 2 aromatic carbocycles. The van der Waals surface area contributed by atoms with Crippen LogP contribution < -0.4 is 11.1 Å². The predicted molar refractivity (Wildman–Crippen MR) is 91.2 cm³/mol. The number of halogens is 1. The molecular formula is C18H14FN3O4. The molecule has 0 unspecified atom stereocenters. The van der Waals surface area contributed by atoms with Crippen molar-refractivity contribution < 1.29 is 18.4 Å². The van der Waals surface area contributed by atoms with Gasteiger partial charge < -0.3 is 9.73 Å². The van der Waals surface area contributed by atoms with E-state index in [0.29, 0.717) is 16.8 Å². The Balaban J connectivity index is 1.77. The number of anilines is 1. The molecule has 1 aromatic heterocycles. The van der Waals surface area contributed by atoms with E-state index in [2.05, 4.69) is 10.4 Å². The smallest absolute Gasteiger partial charge is 0.388 e. The van der Waals surface area contributed by atoms with Gasteiger partial charge in [-0.15, -0.1) is 5.10 Å². The Morgan fingerprint density at radius 3 is 2.54 bits per heavy atom. The van der Waals surface area contributed by atoms with Crippen LogP contribution >= 0.6 is 0 Å². The van der Waals surface area contributed by atoms with Gasteiger partial charge in [0, 0.05) is 11.1 Å². The van der Waals surface area contributed by atoms with E-state index in [0.717, 1.165) is 4.68 Å². The molecule has 0 aliphatic rings. The third kappa shape index (κ3) is 3.75. The largest absolute Gasteiger partial charge is 0.437 e. The summed E-state index contributed by atoms with van der Waals surface area (Å²) >= 11 is 0. The Morgan fingerprint density at radius 2 is 1.85 bits per heavy atom. The van der Waals surface area contributed by atoms with E-state index in [1.165, 1.54) is 31.2 Å². The first-order valence-electron chi connectivity index (χ1n) is 7.68. The molecule has 0 bridgehead atoms. The number of aromatic nitrogens is 2. The highest BCUT2D eigenvalue weighted by Crippen LogP contribution is 2.17. The number of benzene rings is 2. The fraction of sp³-hybridized carbons (Fsp3) is 0.111. The van der Waals surface area contributed by atoms with Gasteiger partial charge in [-0.05, 0) is 43.3 Å². The van der Waals surface area contributed by atoms with Crippen molar-refractivity contribution >= 4 is 17.4 Å². The van der Waals surface area contributed by atoms with Crippen LogP contribution in [-0.4, -0.2) is 21.5 Å². The SMILES string of the molecule is CC(=O)c1ccccc1NC(=O)Cn1nc(-c2ccc(F)cc2)oc1=O. The number of nitrogens with zero attached hydrogens (tertiary/aromatic N) is 2. The lowest BCUT2D eigenvalue weighted by Gasteiger charge is -2.08. The molecule has 0 spiro atoms. The maximum absolute atomic E-state index is 13.0. The number of hydrogen-bond acceptors (Lipinski definition) is 5. The summed E-state index contributed by atoms with van der Waals surface area (Å²) in [5, 5.41) is 6.51. The van der Waals surface area contributed by atoms with E-state index in [-0.39, 0.29) is 11.7 Å². The van der Waals surface area contributed by atoms with Gasteiger partial charge in [-0.2, -0.15) is 4.68 Å². The number of ketones is 1. The summed E-state index contributed by atoms with van der Waals surface area (Å²) < 4.78 is 18.8. The summed E-state index contributed by atoms with van der Waals surface area (Å²) in [4.78, 5) is 35.6. The fourth-order valence-corrected chi connectivity index (χ4v) is 2.34. The van der Waals surface area contributed by atoms with Crippen molar-refractivity contribution in [2.24, 2.45) is 0 Å². The molecule has 1 amide bonds. The second kappa shape index (κ2) is 7.14. The van der Waals surface area contributed by atoms with Gasteiger partial charge in [0.1, 0.15) is 12.4 Å². The molecular weight excluding hydrogens is 341 g/mol. The first-order chi connectivity index (χ1) is 12.4.